The molecule has 1 heterocycles. The maximum atomic E-state index is 5.88. The monoisotopic (exact) mass is 239 g/mol. The Balaban J connectivity index is 1.91. The molecule has 1 fully saturated rings. The Morgan fingerprint density at radius 1 is 1.31 bits per heavy atom. The van der Waals surface area contributed by atoms with Crippen molar-refractivity contribution in [2.24, 2.45) is 5.92 Å². The summed E-state index contributed by atoms with van der Waals surface area (Å²) in [6.45, 7) is 1.90. The van der Waals surface area contributed by atoms with Gasteiger partial charge in [-0.3, -0.25) is 0 Å². The Morgan fingerprint density at radius 2 is 2.06 bits per heavy atom. The number of piperidine rings is 1. The molecular formula is C13H18ClNO. The van der Waals surface area contributed by atoms with Gasteiger partial charge in [-0.2, -0.15) is 0 Å². The summed E-state index contributed by atoms with van der Waals surface area (Å²) >= 11 is 5.88. The molecule has 2 nitrogen and oxygen atoms in total. The van der Waals surface area contributed by atoms with Crippen molar-refractivity contribution in [3.05, 3.63) is 34.9 Å². The van der Waals surface area contributed by atoms with Crippen LogP contribution in [0.2, 0.25) is 5.02 Å². The summed E-state index contributed by atoms with van der Waals surface area (Å²) in [4.78, 5) is 0. The summed E-state index contributed by atoms with van der Waals surface area (Å²) in [5.41, 5.74) is 1.33. The largest absolute Gasteiger partial charge is 0.384 e. The van der Waals surface area contributed by atoms with Gasteiger partial charge in [-0.15, -0.1) is 0 Å². The Bertz CT molecular complexity index is 317. The zero-order chi connectivity index (χ0) is 11.4. The zero-order valence-corrected chi connectivity index (χ0v) is 10.3. The zero-order valence-electron chi connectivity index (χ0n) is 9.58. The van der Waals surface area contributed by atoms with Gasteiger partial charge in [-0.25, -0.2) is 0 Å². The van der Waals surface area contributed by atoms with E-state index >= 15 is 0 Å². The van der Waals surface area contributed by atoms with Crippen LogP contribution in [0.5, 0.6) is 0 Å². The van der Waals surface area contributed by atoms with Gasteiger partial charge in [0.25, 0.3) is 0 Å². The number of hydrogen-bond acceptors (Lipinski definition) is 2. The minimum Gasteiger partial charge on any atom is -0.384 e. The van der Waals surface area contributed by atoms with Crippen molar-refractivity contribution < 1.29 is 4.74 Å². The maximum Gasteiger partial charge on any atom is 0.0502 e. The Morgan fingerprint density at radius 3 is 2.62 bits per heavy atom. The summed E-state index contributed by atoms with van der Waals surface area (Å²) < 4.78 is 5.18. The predicted molar refractivity (Wildman–Crippen MR) is 66.8 cm³/mol. The lowest BCUT2D eigenvalue weighted by molar-refractivity contribution is 0.129. The highest BCUT2D eigenvalue weighted by atomic mass is 35.5. The molecule has 1 aromatic carbocycles. The molecule has 0 radical (unpaired) electrons. The van der Waals surface area contributed by atoms with Crippen LogP contribution in [0, 0.1) is 5.92 Å². The topological polar surface area (TPSA) is 21.3 Å². The molecule has 1 aliphatic rings. The Kier molecular flexibility index (Phi) is 4.22. The normalized spacial score (nSPS) is 25.6. The van der Waals surface area contributed by atoms with E-state index in [9.17, 15) is 0 Å². The van der Waals surface area contributed by atoms with Crippen LogP contribution in [0.1, 0.15) is 24.4 Å². The molecule has 1 aromatic rings. The van der Waals surface area contributed by atoms with Crippen molar-refractivity contribution >= 4 is 11.6 Å². The van der Waals surface area contributed by atoms with E-state index in [0.717, 1.165) is 18.2 Å². The van der Waals surface area contributed by atoms with Gasteiger partial charge >= 0.3 is 0 Å². The molecule has 3 heteroatoms. The number of nitrogens with one attached hydrogen (secondary N) is 1. The molecule has 88 valence electrons. The minimum absolute atomic E-state index is 0.477. The molecule has 2 atom stereocenters. The van der Waals surface area contributed by atoms with Crippen LogP contribution in [0.25, 0.3) is 0 Å². The van der Waals surface area contributed by atoms with E-state index < -0.39 is 0 Å². The van der Waals surface area contributed by atoms with E-state index in [0.29, 0.717) is 12.0 Å². The smallest absolute Gasteiger partial charge is 0.0502 e. The van der Waals surface area contributed by atoms with Gasteiger partial charge in [-0.05, 0) is 36.5 Å². The third-order valence-electron chi connectivity index (χ3n) is 3.19. The SMILES string of the molecule is COCC1CCC(c2ccc(Cl)cc2)NC1. The van der Waals surface area contributed by atoms with E-state index in [1.165, 1.54) is 18.4 Å². The van der Waals surface area contributed by atoms with Crippen LogP contribution in [0.4, 0.5) is 0 Å². The second-order valence-electron chi connectivity index (χ2n) is 4.41. The van der Waals surface area contributed by atoms with Crippen molar-refractivity contribution in [2.45, 2.75) is 18.9 Å². The van der Waals surface area contributed by atoms with E-state index in [1.807, 2.05) is 12.1 Å². The third kappa shape index (κ3) is 2.97. The highest BCUT2D eigenvalue weighted by Gasteiger charge is 2.21. The number of methoxy groups -OCH3 is 1. The Hall–Kier alpha value is -0.570. The third-order valence-corrected chi connectivity index (χ3v) is 3.44. The van der Waals surface area contributed by atoms with Gasteiger partial charge in [0.2, 0.25) is 0 Å². The molecule has 0 amide bonds. The van der Waals surface area contributed by atoms with E-state index in [4.69, 9.17) is 16.3 Å². The summed E-state index contributed by atoms with van der Waals surface area (Å²) in [6, 6.07) is 8.61. The molecular weight excluding hydrogens is 222 g/mol. The average Bonchev–Trinajstić information content (AvgIpc) is 2.32. The van der Waals surface area contributed by atoms with Crippen molar-refractivity contribution in [1.82, 2.24) is 5.32 Å². The van der Waals surface area contributed by atoms with Gasteiger partial charge in [0.15, 0.2) is 0 Å². The number of ether oxygens (including phenoxy) is 1. The first-order valence-electron chi connectivity index (χ1n) is 5.77. The van der Waals surface area contributed by atoms with Gasteiger partial charge in [0.05, 0.1) is 6.61 Å². The molecule has 0 aromatic heterocycles. The molecule has 0 spiro atoms. The number of halogens is 1. The molecule has 2 rings (SSSR count). The van der Waals surface area contributed by atoms with E-state index in [-0.39, 0.29) is 0 Å². The summed E-state index contributed by atoms with van der Waals surface area (Å²) in [7, 11) is 1.77. The fourth-order valence-electron chi connectivity index (χ4n) is 2.27. The van der Waals surface area contributed by atoms with E-state index in [2.05, 4.69) is 17.4 Å². The van der Waals surface area contributed by atoms with E-state index in [1.54, 1.807) is 7.11 Å². The molecule has 16 heavy (non-hydrogen) atoms. The van der Waals surface area contributed by atoms with Crippen LogP contribution in [0.15, 0.2) is 24.3 Å². The van der Waals surface area contributed by atoms with Crippen LogP contribution in [-0.2, 0) is 4.74 Å². The number of hydrogen-bond donors (Lipinski definition) is 1. The first-order chi connectivity index (χ1) is 7.79. The highest BCUT2D eigenvalue weighted by Crippen LogP contribution is 2.26. The van der Waals surface area contributed by atoms with Gasteiger partial charge in [0, 0.05) is 24.7 Å². The van der Waals surface area contributed by atoms with Crippen LogP contribution < -0.4 is 5.32 Å². The van der Waals surface area contributed by atoms with Crippen molar-refractivity contribution in [2.75, 3.05) is 20.3 Å². The van der Waals surface area contributed by atoms with Crippen molar-refractivity contribution in [3.8, 4) is 0 Å². The lowest BCUT2D eigenvalue weighted by atomic mass is 9.91. The van der Waals surface area contributed by atoms with Crippen LogP contribution >= 0.6 is 11.6 Å². The lowest BCUT2D eigenvalue weighted by Gasteiger charge is -2.29. The fourth-order valence-corrected chi connectivity index (χ4v) is 2.40. The highest BCUT2D eigenvalue weighted by molar-refractivity contribution is 6.30. The molecule has 0 aliphatic carbocycles. The number of rotatable bonds is 3. The lowest BCUT2D eigenvalue weighted by Crippen LogP contribution is -2.35. The fraction of sp³-hybridized carbons (Fsp3) is 0.538. The molecule has 1 aliphatic heterocycles. The summed E-state index contributed by atoms with van der Waals surface area (Å²) in [6.07, 6.45) is 2.41. The van der Waals surface area contributed by atoms with Crippen LogP contribution in [0.3, 0.4) is 0 Å². The van der Waals surface area contributed by atoms with Crippen molar-refractivity contribution in [3.63, 3.8) is 0 Å². The molecule has 1 N–H and O–H groups in total. The Labute approximate surface area is 102 Å². The van der Waals surface area contributed by atoms with Crippen molar-refractivity contribution in [1.29, 1.82) is 0 Å². The first kappa shape index (κ1) is 11.9. The predicted octanol–water partition coefficient (Wildman–Crippen LogP) is 3.03. The second kappa shape index (κ2) is 5.67. The standard InChI is InChI=1S/C13H18ClNO/c1-16-9-10-2-7-13(15-8-10)11-3-5-12(14)6-4-11/h3-6,10,13,15H,2,7-9H2,1H3. The quantitative estimate of drug-likeness (QED) is 0.876. The first-order valence-corrected chi connectivity index (χ1v) is 6.15. The summed E-state index contributed by atoms with van der Waals surface area (Å²) in [5, 5.41) is 4.37. The maximum absolute atomic E-state index is 5.88. The summed E-state index contributed by atoms with van der Waals surface area (Å²) in [5.74, 6) is 0.661. The van der Waals surface area contributed by atoms with Gasteiger partial charge in [-0.1, -0.05) is 23.7 Å². The molecule has 2 unspecified atom stereocenters. The number of benzene rings is 1. The van der Waals surface area contributed by atoms with Gasteiger partial charge < -0.3 is 10.1 Å². The average molecular weight is 240 g/mol. The van der Waals surface area contributed by atoms with Gasteiger partial charge in [0.1, 0.15) is 0 Å². The molecule has 1 saturated heterocycles. The van der Waals surface area contributed by atoms with Crippen LogP contribution in [-0.4, -0.2) is 20.3 Å². The second-order valence-corrected chi connectivity index (χ2v) is 4.85. The molecule has 0 bridgehead atoms. The minimum atomic E-state index is 0.477. The molecule has 0 saturated carbocycles.